The number of amides is 3. The summed E-state index contributed by atoms with van der Waals surface area (Å²) in [5.74, 6) is 0.204. The van der Waals surface area contributed by atoms with Gasteiger partial charge in [-0.05, 0) is 60.3 Å². The van der Waals surface area contributed by atoms with Crippen LogP contribution in [-0.4, -0.2) is 118 Å². The number of thiazole rings is 1. The molecule has 5 aromatic rings. The van der Waals surface area contributed by atoms with E-state index in [4.69, 9.17) is 25.6 Å². The van der Waals surface area contributed by atoms with Gasteiger partial charge in [-0.1, -0.05) is 77.4 Å². The second-order valence-electron chi connectivity index (χ2n) is 20.2. The van der Waals surface area contributed by atoms with E-state index in [1.807, 2.05) is 69.6 Å². The van der Waals surface area contributed by atoms with Gasteiger partial charge >= 0.3 is 0 Å². The summed E-state index contributed by atoms with van der Waals surface area (Å²) in [7, 11) is 0. The molecule has 2 saturated heterocycles. The van der Waals surface area contributed by atoms with Gasteiger partial charge in [0.1, 0.15) is 42.3 Å². The number of β-amino-alcohol motifs (C(OH)–C–C–N with tert-alkyl or cyclic N) is 1. The first kappa shape index (κ1) is 50.3. The minimum atomic E-state index is -0.843. The highest BCUT2D eigenvalue weighted by Crippen LogP contribution is 2.55. The van der Waals surface area contributed by atoms with E-state index in [1.54, 1.807) is 41.8 Å². The minimum Gasteiger partial charge on any atom is -0.489 e. The van der Waals surface area contributed by atoms with Gasteiger partial charge in [-0.25, -0.2) is 9.97 Å². The van der Waals surface area contributed by atoms with Crippen molar-refractivity contribution in [3.63, 3.8) is 0 Å². The zero-order valence-electron chi connectivity index (χ0n) is 40.9. The lowest BCUT2D eigenvalue weighted by molar-refractivity contribution is -0.164. The SMILES string of the molecule is Cc1ncsc1-c1ccc(C(C)NC(=O)[C@@H]2C[C@@H](O)CN2C(=O)C(c2cc(OCCN3CCN(c4ccc(C(=O)N[C@H]5C(C)(C)[C@H](Oc6ccc(C#N)c(Cl)c6)C5(C)C)cn4)CC3)no2)C(C)C)cc1. The average molecular weight is 993 g/mol. The van der Waals surface area contributed by atoms with Crippen LogP contribution in [0.2, 0.25) is 5.02 Å². The molecule has 2 aromatic carbocycles. The van der Waals surface area contributed by atoms with Crippen molar-refractivity contribution in [2.75, 3.05) is 50.8 Å². The predicted molar refractivity (Wildman–Crippen MR) is 267 cm³/mol. The average Bonchev–Trinajstić information content (AvgIpc) is 4.10. The molecule has 1 aliphatic carbocycles. The molecule has 0 spiro atoms. The molecular formula is C52H62ClN9O7S. The van der Waals surface area contributed by atoms with Crippen molar-refractivity contribution in [1.82, 2.24) is 35.6 Å². The third-order valence-electron chi connectivity index (χ3n) is 14.2. The Labute approximate surface area is 418 Å². The van der Waals surface area contributed by atoms with Gasteiger partial charge in [0.15, 0.2) is 5.76 Å². The van der Waals surface area contributed by atoms with E-state index < -0.39 is 28.9 Å². The summed E-state index contributed by atoms with van der Waals surface area (Å²) >= 11 is 7.84. The minimum absolute atomic E-state index is 0.0383. The van der Waals surface area contributed by atoms with Gasteiger partial charge in [0, 0.05) is 80.9 Å². The zero-order chi connectivity index (χ0) is 50.1. The molecule has 18 heteroatoms. The number of anilines is 1. The number of nitrogens with one attached hydrogen (secondary N) is 2. The molecule has 70 heavy (non-hydrogen) atoms. The fraction of sp³-hybridized carbons (Fsp3) is 0.481. The van der Waals surface area contributed by atoms with Crippen LogP contribution in [-0.2, 0) is 9.59 Å². The normalized spacial score (nSPS) is 21.6. The van der Waals surface area contributed by atoms with Crippen molar-refractivity contribution in [2.24, 2.45) is 16.7 Å². The molecule has 3 aliphatic rings. The van der Waals surface area contributed by atoms with Gasteiger partial charge in [-0.15, -0.1) is 11.3 Å². The fourth-order valence-corrected chi connectivity index (χ4v) is 11.6. The summed E-state index contributed by atoms with van der Waals surface area (Å²) in [4.78, 5) is 57.5. The number of benzene rings is 2. The van der Waals surface area contributed by atoms with E-state index >= 15 is 0 Å². The Morgan fingerprint density at radius 1 is 1.00 bits per heavy atom. The number of aromatic nitrogens is 3. The maximum Gasteiger partial charge on any atom is 0.254 e. The molecule has 370 valence electrons. The third kappa shape index (κ3) is 10.5. The maximum absolute atomic E-state index is 14.2. The number of nitrogens with zero attached hydrogens (tertiary/aromatic N) is 7. The number of aliphatic hydroxyl groups excluding tert-OH is 1. The van der Waals surface area contributed by atoms with Crippen LogP contribution in [0, 0.1) is 35.0 Å². The number of carbonyl (C=O) groups is 3. The Morgan fingerprint density at radius 2 is 1.73 bits per heavy atom. The number of aliphatic hydroxyl groups is 1. The smallest absolute Gasteiger partial charge is 0.254 e. The van der Waals surface area contributed by atoms with Gasteiger partial charge in [0.2, 0.25) is 11.8 Å². The van der Waals surface area contributed by atoms with E-state index in [9.17, 15) is 24.8 Å². The molecule has 2 unspecified atom stereocenters. The molecule has 16 nitrogen and oxygen atoms in total. The summed E-state index contributed by atoms with van der Waals surface area (Å²) in [6.07, 6.45) is 0.706. The van der Waals surface area contributed by atoms with Crippen LogP contribution in [0.3, 0.4) is 0 Å². The molecule has 0 bridgehead atoms. The summed E-state index contributed by atoms with van der Waals surface area (Å²) in [5.41, 5.74) is 4.85. The first-order chi connectivity index (χ1) is 33.3. The highest BCUT2D eigenvalue weighted by atomic mass is 35.5. The molecule has 3 aromatic heterocycles. The zero-order valence-corrected chi connectivity index (χ0v) is 42.5. The van der Waals surface area contributed by atoms with Crippen molar-refractivity contribution < 1.29 is 33.5 Å². The summed E-state index contributed by atoms with van der Waals surface area (Å²) < 4.78 is 18.1. The maximum atomic E-state index is 14.2. The monoisotopic (exact) mass is 991 g/mol. The predicted octanol–water partition coefficient (Wildman–Crippen LogP) is 7.42. The summed E-state index contributed by atoms with van der Waals surface area (Å²) in [6, 6.07) is 19.1. The topological polar surface area (TPSA) is 199 Å². The van der Waals surface area contributed by atoms with Crippen molar-refractivity contribution in [3.8, 4) is 28.1 Å². The van der Waals surface area contributed by atoms with E-state index in [2.05, 4.69) is 69.3 Å². The second-order valence-corrected chi connectivity index (χ2v) is 21.4. The lowest BCUT2D eigenvalue weighted by Gasteiger charge is -2.63. The Bertz CT molecular complexity index is 2690. The number of hydrogen-bond donors (Lipinski definition) is 3. The van der Waals surface area contributed by atoms with E-state index in [1.165, 1.54) is 4.90 Å². The van der Waals surface area contributed by atoms with Crippen LogP contribution in [0.4, 0.5) is 5.82 Å². The third-order valence-corrected chi connectivity index (χ3v) is 15.5. The Balaban J connectivity index is 0.786. The van der Waals surface area contributed by atoms with Gasteiger partial charge in [-0.2, -0.15) is 5.26 Å². The number of piperazine rings is 1. The lowest BCUT2D eigenvalue weighted by atomic mass is 9.49. The number of ether oxygens (including phenoxy) is 2. The summed E-state index contributed by atoms with van der Waals surface area (Å²) in [5, 5.41) is 30.7. The van der Waals surface area contributed by atoms with Gasteiger partial charge < -0.3 is 39.5 Å². The fourth-order valence-electron chi connectivity index (χ4n) is 10.6. The first-order valence-electron chi connectivity index (χ1n) is 23.8. The molecule has 2 aliphatic heterocycles. The van der Waals surface area contributed by atoms with Crippen LogP contribution >= 0.6 is 22.9 Å². The second kappa shape index (κ2) is 20.7. The number of halogens is 1. The highest BCUT2D eigenvalue weighted by Gasteiger charge is 2.64. The van der Waals surface area contributed by atoms with E-state index in [0.717, 1.165) is 53.7 Å². The highest BCUT2D eigenvalue weighted by molar-refractivity contribution is 7.13. The first-order valence-corrected chi connectivity index (χ1v) is 25.1. The molecule has 3 fully saturated rings. The Morgan fingerprint density at radius 3 is 2.36 bits per heavy atom. The molecule has 8 rings (SSSR count). The van der Waals surface area contributed by atoms with Crippen molar-refractivity contribution in [1.29, 1.82) is 5.26 Å². The van der Waals surface area contributed by atoms with Gasteiger partial charge in [0.05, 0.1) is 44.4 Å². The van der Waals surface area contributed by atoms with Crippen LogP contribution in [0.1, 0.15) is 99.8 Å². The number of likely N-dealkylation sites (tertiary alicyclic amines) is 1. The molecule has 4 atom stereocenters. The molecule has 5 heterocycles. The van der Waals surface area contributed by atoms with Crippen molar-refractivity contribution >= 4 is 46.5 Å². The van der Waals surface area contributed by atoms with Gasteiger partial charge in [-0.3, -0.25) is 19.3 Å². The molecule has 3 amide bonds. The van der Waals surface area contributed by atoms with Crippen LogP contribution < -0.4 is 25.0 Å². The quantitative estimate of drug-likeness (QED) is 0.0884. The number of rotatable bonds is 16. The number of pyridine rings is 1. The standard InChI is InChI=1S/C52H62ClN9O7S/c1-30(2)44(48(66)62-28-37(63)23-40(62)47(65)57-31(3)33-9-11-34(12-10-33)45-32(4)56-29-70-45)41-25-43(59-69-41)67-22-21-60-17-19-61(20-18-60)42-16-14-36(27-55-42)46(64)58-49-51(5,6)50(52(49,7)8)68-38-15-13-35(26-54)39(53)24-38/h9-16,24-25,27,29-31,37,40,44,49-50,63H,17-23,28H2,1-8H3,(H,57,65)(H,58,64)/t31?,37-,40+,44?,49-,50-/m1/s1. The lowest BCUT2D eigenvalue weighted by Crippen LogP contribution is -2.74. The van der Waals surface area contributed by atoms with Crippen molar-refractivity contribution in [2.45, 2.75) is 98.1 Å². The molecule has 0 radical (unpaired) electrons. The largest absolute Gasteiger partial charge is 0.489 e. The number of nitriles is 1. The van der Waals surface area contributed by atoms with Crippen molar-refractivity contribution in [3.05, 3.63) is 106 Å². The van der Waals surface area contributed by atoms with Gasteiger partial charge in [0.25, 0.3) is 11.8 Å². The van der Waals surface area contributed by atoms with Crippen LogP contribution in [0.5, 0.6) is 11.6 Å². The van der Waals surface area contributed by atoms with E-state index in [-0.39, 0.29) is 60.7 Å². The molecule has 1 saturated carbocycles. The van der Waals surface area contributed by atoms with Crippen LogP contribution in [0.15, 0.2) is 76.9 Å². The van der Waals surface area contributed by atoms with E-state index in [0.29, 0.717) is 40.8 Å². The van der Waals surface area contributed by atoms with Crippen LogP contribution in [0.25, 0.3) is 10.4 Å². The Kier molecular flexibility index (Phi) is 14.9. The molecular weight excluding hydrogens is 930 g/mol. The summed E-state index contributed by atoms with van der Waals surface area (Å²) in [6.45, 7) is 20.1. The number of aryl methyl sites for hydroxylation is 1. The molecule has 3 N–H and O–H groups in total. The Hall–Kier alpha value is -6.06. The number of hydrogen-bond acceptors (Lipinski definition) is 14. The number of carbonyl (C=O) groups excluding carboxylic acids is 3.